The molecule has 0 N–H and O–H groups in total. The van der Waals surface area contributed by atoms with Crippen molar-refractivity contribution in [1.29, 1.82) is 0 Å². The zero-order chi connectivity index (χ0) is 18.1. The lowest BCUT2D eigenvalue weighted by Crippen LogP contribution is -2.36. The fourth-order valence-corrected chi connectivity index (χ4v) is 2.75. The lowest BCUT2D eigenvalue weighted by Gasteiger charge is -2.16. The van der Waals surface area contributed by atoms with Crippen LogP contribution < -0.4 is 5.56 Å². The molecule has 8 heteroatoms. The lowest BCUT2D eigenvalue weighted by atomic mass is 10.2. The Bertz CT molecular complexity index is 1010. The molecule has 1 aliphatic carbocycles. The molecule has 1 saturated carbocycles. The number of benzene rings is 1. The Kier molecular flexibility index (Phi) is 4.24. The second-order valence-electron chi connectivity index (χ2n) is 6.58. The molecule has 1 amide bonds. The molecule has 0 bridgehead atoms. The monoisotopic (exact) mass is 353 g/mol. The number of hydrogen-bond donors (Lipinski definition) is 0. The van der Waals surface area contributed by atoms with Crippen LogP contribution in [0, 0.1) is 0 Å². The third kappa shape index (κ3) is 3.35. The van der Waals surface area contributed by atoms with Crippen LogP contribution in [0.3, 0.4) is 0 Å². The van der Waals surface area contributed by atoms with E-state index in [9.17, 15) is 9.59 Å². The third-order valence-corrected chi connectivity index (χ3v) is 4.55. The second-order valence-corrected chi connectivity index (χ2v) is 6.58. The Morgan fingerprint density at radius 2 is 2.15 bits per heavy atom. The molecule has 134 valence electrons. The number of hydrogen-bond acceptors (Lipinski definition) is 6. The predicted octanol–water partition coefficient (Wildman–Crippen LogP) is 1.36. The van der Waals surface area contributed by atoms with Crippen molar-refractivity contribution >= 4 is 16.7 Å². The van der Waals surface area contributed by atoms with Crippen molar-refractivity contribution in [3.8, 4) is 0 Å². The van der Waals surface area contributed by atoms with Crippen LogP contribution in [0.2, 0.25) is 0 Å². The number of likely N-dealkylation sites (N-methyl/N-ethyl adjacent to an activating group) is 1. The van der Waals surface area contributed by atoms with E-state index in [4.69, 9.17) is 4.52 Å². The van der Waals surface area contributed by atoms with Gasteiger partial charge in [0, 0.05) is 31.3 Å². The van der Waals surface area contributed by atoms with E-state index in [0.29, 0.717) is 36.0 Å². The van der Waals surface area contributed by atoms with Crippen molar-refractivity contribution in [2.24, 2.45) is 0 Å². The summed E-state index contributed by atoms with van der Waals surface area (Å²) >= 11 is 0. The van der Waals surface area contributed by atoms with Gasteiger partial charge in [-0.25, -0.2) is 4.68 Å². The first kappa shape index (κ1) is 16.4. The zero-order valence-electron chi connectivity index (χ0n) is 14.5. The van der Waals surface area contributed by atoms with Crippen molar-refractivity contribution in [3.63, 3.8) is 0 Å². The van der Waals surface area contributed by atoms with Gasteiger partial charge in [-0.05, 0) is 18.9 Å². The maximum atomic E-state index is 12.4. The first-order chi connectivity index (χ1) is 12.6. The van der Waals surface area contributed by atoms with E-state index in [1.807, 2.05) is 12.1 Å². The highest BCUT2D eigenvalue weighted by molar-refractivity contribution is 5.81. The molecule has 8 nitrogen and oxygen atoms in total. The standard InChI is InChI=1S/C18H19N5O3/c1-22(9-8-15-20-17(26-21-15)12-6-7-12)16(24)11-23-18(25)14-5-3-2-4-13(14)10-19-23/h2-5,10,12H,6-9,11H2,1H3. The van der Waals surface area contributed by atoms with Gasteiger partial charge in [-0.2, -0.15) is 10.1 Å². The first-order valence-electron chi connectivity index (χ1n) is 8.63. The van der Waals surface area contributed by atoms with Crippen LogP contribution in [0.4, 0.5) is 0 Å². The molecule has 2 heterocycles. The molecule has 0 aliphatic heterocycles. The van der Waals surface area contributed by atoms with E-state index in [2.05, 4.69) is 15.2 Å². The van der Waals surface area contributed by atoms with Crippen molar-refractivity contribution in [1.82, 2.24) is 24.8 Å². The summed E-state index contributed by atoms with van der Waals surface area (Å²) in [5.74, 6) is 1.52. The number of rotatable bonds is 6. The van der Waals surface area contributed by atoms with Gasteiger partial charge in [0.05, 0.1) is 11.6 Å². The molecule has 1 aromatic carbocycles. The fraction of sp³-hybridized carbons (Fsp3) is 0.389. The van der Waals surface area contributed by atoms with Crippen LogP contribution in [0.25, 0.3) is 10.8 Å². The summed E-state index contributed by atoms with van der Waals surface area (Å²) in [6, 6.07) is 7.20. The number of nitrogens with zero attached hydrogens (tertiary/aromatic N) is 5. The Labute approximate surface area is 149 Å². The Balaban J connectivity index is 1.39. The van der Waals surface area contributed by atoms with E-state index < -0.39 is 0 Å². The topological polar surface area (TPSA) is 94.1 Å². The largest absolute Gasteiger partial charge is 0.344 e. The Morgan fingerprint density at radius 1 is 1.35 bits per heavy atom. The fourth-order valence-electron chi connectivity index (χ4n) is 2.75. The molecule has 0 radical (unpaired) electrons. The van der Waals surface area contributed by atoms with E-state index in [1.165, 1.54) is 4.68 Å². The molecule has 0 saturated heterocycles. The van der Waals surface area contributed by atoms with E-state index in [0.717, 1.165) is 18.2 Å². The van der Waals surface area contributed by atoms with Crippen molar-refractivity contribution < 1.29 is 9.32 Å². The van der Waals surface area contributed by atoms with Crippen molar-refractivity contribution in [3.05, 3.63) is 52.5 Å². The van der Waals surface area contributed by atoms with Crippen LogP contribution in [-0.2, 0) is 17.8 Å². The number of carbonyl (C=O) groups excluding carboxylic acids is 1. The van der Waals surface area contributed by atoms with Gasteiger partial charge in [-0.15, -0.1) is 0 Å². The highest BCUT2D eigenvalue weighted by Crippen LogP contribution is 2.38. The molecule has 0 unspecified atom stereocenters. The van der Waals surface area contributed by atoms with Gasteiger partial charge in [0.15, 0.2) is 5.82 Å². The highest BCUT2D eigenvalue weighted by Gasteiger charge is 2.29. The van der Waals surface area contributed by atoms with E-state index in [1.54, 1.807) is 30.3 Å². The van der Waals surface area contributed by atoms with Crippen LogP contribution in [0.1, 0.15) is 30.5 Å². The SMILES string of the molecule is CN(CCc1noc(C2CC2)n1)C(=O)Cn1ncc2ccccc2c1=O. The van der Waals surface area contributed by atoms with Crippen molar-refractivity contribution in [2.75, 3.05) is 13.6 Å². The van der Waals surface area contributed by atoms with Gasteiger partial charge in [0.25, 0.3) is 5.56 Å². The number of aromatic nitrogens is 4. The van der Waals surface area contributed by atoms with Crippen LogP contribution in [0.5, 0.6) is 0 Å². The molecule has 26 heavy (non-hydrogen) atoms. The molecule has 0 spiro atoms. The van der Waals surface area contributed by atoms with Gasteiger partial charge in [-0.3, -0.25) is 9.59 Å². The van der Waals surface area contributed by atoms with Crippen LogP contribution in [-0.4, -0.2) is 44.3 Å². The lowest BCUT2D eigenvalue weighted by molar-refractivity contribution is -0.130. The molecule has 1 fully saturated rings. The molecule has 3 aromatic rings. The van der Waals surface area contributed by atoms with Crippen LogP contribution >= 0.6 is 0 Å². The maximum Gasteiger partial charge on any atom is 0.275 e. The normalized spacial score (nSPS) is 13.9. The average Bonchev–Trinajstić information content (AvgIpc) is 3.40. The molecule has 4 rings (SSSR count). The minimum Gasteiger partial charge on any atom is -0.344 e. The van der Waals surface area contributed by atoms with Gasteiger partial charge in [0.1, 0.15) is 6.54 Å². The minimum absolute atomic E-state index is 0.0975. The number of fused-ring (bicyclic) bond motifs is 1. The quantitative estimate of drug-likeness (QED) is 0.664. The first-order valence-corrected chi connectivity index (χ1v) is 8.63. The van der Waals surface area contributed by atoms with Crippen molar-refractivity contribution in [2.45, 2.75) is 31.7 Å². The Hall–Kier alpha value is -3.03. The molecule has 0 atom stereocenters. The summed E-state index contributed by atoms with van der Waals surface area (Å²) in [7, 11) is 1.69. The molecular formula is C18H19N5O3. The summed E-state index contributed by atoms with van der Waals surface area (Å²) in [5, 5.41) is 9.36. The summed E-state index contributed by atoms with van der Waals surface area (Å²) in [5.41, 5.74) is -0.267. The third-order valence-electron chi connectivity index (χ3n) is 4.55. The van der Waals surface area contributed by atoms with Gasteiger partial charge in [0.2, 0.25) is 11.8 Å². The maximum absolute atomic E-state index is 12.4. The smallest absolute Gasteiger partial charge is 0.275 e. The second kappa shape index (κ2) is 6.70. The van der Waals surface area contributed by atoms with Gasteiger partial charge < -0.3 is 9.42 Å². The van der Waals surface area contributed by atoms with E-state index >= 15 is 0 Å². The van der Waals surface area contributed by atoms with E-state index in [-0.39, 0.29) is 18.0 Å². The number of carbonyl (C=O) groups is 1. The van der Waals surface area contributed by atoms with Gasteiger partial charge in [-0.1, -0.05) is 23.4 Å². The summed E-state index contributed by atoms with van der Waals surface area (Å²) in [6.45, 7) is 0.352. The summed E-state index contributed by atoms with van der Waals surface area (Å²) < 4.78 is 6.41. The zero-order valence-corrected chi connectivity index (χ0v) is 14.5. The Morgan fingerprint density at radius 3 is 2.96 bits per heavy atom. The predicted molar refractivity (Wildman–Crippen MR) is 93.6 cm³/mol. The number of amides is 1. The summed E-state index contributed by atoms with van der Waals surface area (Å²) in [4.78, 5) is 30.7. The molecular weight excluding hydrogens is 334 g/mol. The highest BCUT2D eigenvalue weighted by atomic mass is 16.5. The van der Waals surface area contributed by atoms with Crippen LogP contribution in [0.15, 0.2) is 39.8 Å². The van der Waals surface area contributed by atoms with Gasteiger partial charge >= 0.3 is 0 Å². The molecule has 2 aromatic heterocycles. The summed E-state index contributed by atoms with van der Waals surface area (Å²) in [6.07, 6.45) is 4.32. The molecule has 1 aliphatic rings. The minimum atomic E-state index is -0.267. The average molecular weight is 353 g/mol.